The fourth-order valence-electron chi connectivity index (χ4n) is 1.55. The van der Waals surface area contributed by atoms with Gasteiger partial charge in [0.1, 0.15) is 0 Å². The Kier molecular flexibility index (Phi) is 1.96. The Hall–Kier alpha value is -0.520. The second-order valence-electron chi connectivity index (χ2n) is 3.50. The topological polar surface area (TPSA) is 17.1 Å². The van der Waals surface area contributed by atoms with E-state index in [0.29, 0.717) is 0 Å². The molecule has 0 heterocycles. The molecule has 0 aromatic rings. The number of hydrogen-bond donors (Lipinski definition) is 0. The van der Waals surface area contributed by atoms with Crippen molar-refractivity contribution < 1.29 is 4.79 Å². The summed E-state index contributed by atoms with van der Waals surface area (Å²) in [5, 5.41) is -0.244. The molecule has 0 aromatic heterocycles. The third-order valence-corrected chi connectivity index (χ3v) is 2.69. The van der Waals surface area contributed by atoms with Crippen LogP contribution >= 0.6 is 11.6 Å². The van der Waals surface area contributed by atoms with Crippen LogP contribution in [0, 0.1) is 17.3 Å². The predicted molar refractivity (Wildman–Crippen MR) is 45.3 cm³/mol. The number of carbonyl (C=O) groups excluding carboxylic acids is 1. The van der Waals surface area contributed by atoms with Gasteiger partial charge < -0.3 is 0 Å². The van der Waals surface area contributed by atoms with Crippen molar-refractivity contribution in [2.45, 2.75) is 13.8 Å². The van der Waals surface area contributed by atoms with Crippen molar-refractivity contribution in [3.63, 3.8) is 0 Å². The third kappa shape index (κ3) is 1.26. The maximum atomic E-state index is 10.8. The summed E-state index contributed by atoms with van der Waals surface area (Å²) in [4.78, 5) is 10.8. The van der Waals surface area contributed by atoms with E-state index in [1.54, 1.807) is 0 Å². The summed E-state index contributed by atoms with van der Waals surface area (Å²) in [7, 11) is 0. The lowest BCUT2D eigenvalue weighted by Crippen LogP contribution is -1.96. The lowest BCUT2D eigenvalue weighted by atomic mass is 10.1. The minimum absolute atomic E-state index is 0.0174. The largest absolute Gasteiger partial charge is 0.281 e. The van der Waals surface area contributed by atoms with Crippen LogP contribution in [-0.2, 0) is 4.79 Å². The van der Waals surface area contributed by atoms with Crippen LogP contribution in [0.4, 0.5) is 0 Å². The van der Waals surface area contributed by atoms with Gasteiger partial charge in [-0.25, -0.2) is 0 Å². The Morgan fingerprint density at radius 3 is 2.55 bits per heavy atom. The first-order valence-electron chi connectivity index (χ1n) is 3.57. The first kappa shape index (κ1) is 8.58. The summed E-state index contributed by atoms with van der Waals surface area (Å²) < 4.78 is 0. The van der Waals surface area contributed by atoms with Crippen molar-refractivity contribution in [3.8, 4) is 0 Å². The summed E-state index contributed by atoms with van der Waals surface area (Å²) in [5.74, 6) is 0.211. The maximum absolute atomic E-state index is 10.8. The molecule has 0 aliphatic heterocycles. The van der Waals surface area contributed by atoms with Gasteiger partial charge in [-0.15, -0.1) is 5.73 Å². The molecule has 1 aliphatic carbocycles. The molecular weight excluding hydrogens is 160 g/mol. The molecule has 1 saturated carbocycles. The second-order valence-corrected chi connectivity index (χ2v) is 3.87. The molecule has 0 radical (unpaired) electrons. The van der Waals surface area contributed by atoms with E-state index < -0.39 is 0 Å². The van der Waals surface area contributed by atoms with Crippen LogP contribution in [0.3, 0.4) is 0 Å². The molecule has 0 saturated heterocycles. The molecule has 1 nitrogen and oxygen atoms in total. The van der Waals surface area contributed by atoms with Gasteiger partial charge >= 0.3 is 0 Å². The Morgan fingerprint density at radius 1 is 1.73 bits per heavy atom. The molecule has 1 rings (SSSR count). The summed E-state index contributed by atoms with van der Waals surface area (Å²) in [6.07, 6.45) is 1.82. The fourth-order valence-corrected chi connectivity index (χ4v) is 1.97. The number of carbonyl (C=O) groups is 1. The van der Waals surface area contributed by atoms with Crippen molar-refractivity contribution in [2.75, 3.05) is 0 Å². The maximum Gasteiger partial charge on any atom is 0.225 e. The minimum atomic E-state index is -0.244. The number of halogens is 1. The van der Waals surface area contributed by atoms with Crippen molar-refractivity contribution in [1.29, 1.82) is 0 Å². The molecule has 0 bridgehead atoms. The summed E-state index contributed by atoms with van der Waals surface area (Å²) in [6.45, 7) is 7.51. The van der Waals surface area contributed by atoms with E-state index in [0.717, 1.165) is 0 Å². The first-order chi connectivity index (χ1) is 5.01. The van der Waals surface area contributed by atoms with E-state index in [9.17, 15) is 4.79 Å². The van der Waals surface area contributed by atoms with Crippen LogP contribution in [0.2, 0.25) is 0 Å². The Morgan fingerprint density at radius 2 is 2.27 bits per heavy atom. The summed E-state index contributed by atoms with van der Waals surface area (Å²) >= 11 is 5.38. The van der Waals surface area contributed by atoms with Gasteiger partial charge in [-0.1, -0.05) is 20.4 Å². The van der Waals surface area contributed by atoms with Gasteiger partial charge in [0.25, 0.3) is 0 Å². The predicted octanol–water partition coefficient (Wildman–Crippen LogP) is 2.37. The van der Waals surface area contributed by atoms with E-state index in [2.05, 4.69) is 12.3 Å². The average molecular weight is 171 g/mol. The third-order valence-electron chi connectivity index (χ3n) is 2.45. The molecule has 0 aromatic carbocycles. The number of rotatable bonds is 2. The van der Waals surface area contributed by atoms with E-state index in [4.69, 9.17) is 11.6 Å². The molecule has 60 valence electrons. The van der Waals surface area contributed by atoms with Crippen molar-refractivity contribution in [1.82, 2.24) is 0 Å². The van der Waals surface area contributed by atoms with Gasteiger partial charge in [0.2, 0.25) is 5.24 Å². The molecule has 0 amide bonds. The van der Waals surface area contributed by atoms with E-state index in [1.807, 2.05) is 19.9 Å². The van der Waals surface area contributed by atoms with Crippen molar-refractivity contribution >= 4 is 16.8 Å². The smallest absolute Gasteiger partial charge is 0.225 e. The average Bonchev–Trinajstić information content (AvgIpc) is 2.35. The zero-order valence-electron chi connectivity index (χ0n) is 6.73. The first-order valence-corrected chi connectivity index (χ1v) is 3.95. The highest BCUT2D eigenvalue weighted by Gasteiger charge is 2.59. The molecular formula is C9H11ClO. The molecule has 1 aliphatic rings. The zero-order chi connectivity index (χ0) is 8.65. The van der Waals surface area contributed by atoms with E-state index in [1.165, 1.54) is 0 Å². The zero-order valence-corrected chi connectivity index (χ0v) is 7.48. The van der Waals surface area contributed by atoms with E-state index in [-0.39, 0.29) is 22.5 Å². The van der Waals surface area contributed by atoms with Crippen LogP contribution in [0.15, 0.2) is 18.4 Å². The molecule has 1 fully saturated rings. The summed E-state index contributed by atoms with van der Waals surface area (Å²) in [5.41, 5.74) is 2.70. The molecule has 0 N–H and O–H groups in total. The standard InChI is InChI=1S/C9H11ClO/c1-4-5-6-7(8(10)11)9(6,2)3/h5-7H,1H2,2-3H3. The van der Waals surface area contributed by atoms with Crippen molar-refractivity contribution in [3.05, 3.63) is 18.4 Å². The SMILES string of the molecule is C=C=CC1C(C(=O)Cl)C1(C)C. The monoisotopic (exact) mass is 170 g/mol. The molecule has 0 spiro atoms. The highest BCUT2D eigenvalue weighted by molar-refractivity contribution is 6.64. The van der Waals surface area contributed by atoms with Crippen LogP contribution in [0.1, 0.15) is 13.8 Å². The lowest BCUT2D eigenvalue weighted by molar-refractivity contribution is -0.113. The Balaban J connectivity index is 2.75. The van der Waals surface area contributed by atoms with Gasteiger partial charge in [0, 0.05) is 11.8 Å². The Bertz CT molecular complexity index is 226. The normalized spacial score (nSPS) is 32.3. The number of allylic oxidation sites excluding steroid dienone is 1. The minimum Gasteiger partial charge on any atom is -0.281 e. The molecule has 2 atom stereocenters. The van der Waals surface area contributed by atoms with E-state index >= 15 is 0 Å². The fraction of sp³-hybridized carbons (Fsp3) is 0.556. The highest BCUT2D eigenvalue weighted by Crippen LogP contribution is 2.59. The molecule has 2 unspecified atom stereocenters. The summed E-state index contributed by atoms with van der Waals surface area (Å²) in [6, 6.07) is 0. The molecule has 2 heteroatoms. The quantitative estimate of drug-likeness (QED) is 0.460. The highest BCUT2D eigenvalue weighted by atomic mass is 35.5. The van der Waals surface area contributed by atoms with Gasteiger partial charge in [0.15, 0.2) is 0 Å². The Labute approximate surface area is 71.7 Å². The lowest BCUT2D eigenvalue weighted by Gasteiger charge is -1.95. The van der Waals surface area contributed by atoms with Crippen LogP contribution in [-0.4, -0.2) is 5.24 Å². The van der Waals surface area contributed by atoms with Crippen LogP contribution < -0.4 is 0 Å². The van der Waals surface area contributed by atoms with Crippen molar-refractivity contribution in [2.24, 2.45) is 17.3 Å². The molecule has 11 heavy (non-hydrogen) atoms. The van der Waals surface area contributed by atoms with Gasteiger partial charge in [-0.05, 0) is 23.1 Å². The number of hydrogen-bond acceptors (Lipinski definition) is 1. The second kappa shape index (κ2) is 2.51. The van der Waals surface area contributed by atoms with Gasteiger partial charge in [-0.3, -0.25) is 4.79 Å². The van der Waals surface area contributed by atoms with Gasteiger partial charge in [-0.2, -0.15) is 0 Å². The van der Waals surface area contributed by atoms with Crippen LogP contribution in [0.5, 0.6) is 0 Å². The van der Waals surface area contributed by atoms with Crippen LogP contribution in [0.25, 0.3) is 0 Å². The van der Waals surface area contributed by atoms with Gasteiger partial charge in [0.05, 0.1) is 0 Å².